The van der Waals surface area contributed by atoms with Crippen LogP contribution < -0.4 is 11.1 Å². The maximum Gasteiger partial charge on any atom is 0.310 e. The van der Waals surface area contributed by atoms with Crippen molar-refractivity contribution in [2.75, 3.05) is 13.1 Å². The predicted molar refractivity (Wildman–Crippen MR) is 111 cm³/mol. The van der Waals surface area contributed by atoms with Gasteiger partial charge in [0.1, 0.15) is 11.0 Å². The third-order valence-electron chi connectivity index (χ3n) is 3.53. The number of thiocarbonyl (C=S) groups is 1. The first kappa shape index (κ1) is 22.8. The van der Waals surface area contributed by atoms with Crippen molar-refractivity contribution in [2.45, 2.75) is 31.4 Å². The Bertz CT molecular complexity index is 744. The summed E-state index contributed by atoms with van der Waals surface area (Å²) in [5.74, 6) is -0.868. The molecule has 0 saturated heterocycles. The minimum Gasteiger partial charge on any atom is -0.434 e. The van der Waals surface area contributed by atoms with Gasteiger partial charge in [-0.25, -0.2) is 0 Å². The summed E-state index contributed by atoms with van der Waals surface area (Å²) in [6.45, 7) is 3.94. The zero-order chi connectivity index (χ0) is 20.3. The molecule has 0 fully saturated rings. The number of carbonyl (C=O) groups is 2. The Labute approximate surface area is 169 Å². The van der Waals surface area contributed by atoms with Crippen LogP contribution in [0.1, 0.15) is 32.3 Å². The number of hydrogen-bond acceptors (Lipinski definition) is 7. The molecule has 144 valence electrons. The maximum atomic E-state index is 11.9. The molecular formula is C19H23N3O3S2. The number of nitriles is 1. The van der Waals surface area contributed by atoms with E-state index in [-0.39, 0.29) is 24.3 Å². The Morgan fingerprint density at radius 2 is 2.07 bits per heavy atom. The lowest BCUT2D eigenvalue weighted by molar-refractivity contribution is -0.138. The van der Waals surface area contributed by atoms with Gasteiger partial charge in [-0.2, -0.15) is 5.26 Å². The normalized spacial score (nSPS) is 13.2. The smallest absolute Gasteiger partial charge is 0.310 e. The number of thioether (sulfide) groups is 1. The molecule has 0 radical (unpaired) electrons. The van der Waals surface area contributed by atoms with Crippen molar-refractivity contribution in [3.05, 3.63) is 47.7 Å². The molecule has 1 atom stereocenters. The number of carbonyl (C=O) groups excluding carboxylic acids is 2. The van der Waals surface area contributed by atoms with E-state index >= 15 is 0 Å². The number of hydrogen-bond donors (Lipinski definition) is 2. The number of rotatable bonds is 9. The van der Waals surface area contributed by atoms with E-state index in [4.69, 9.17) is 22.7 Å². The molecule has 0 heterocycles. The Morgan fingerprint density at radius 3 is 2.67 bits per heavy atom. The summed E-state index contributed by atoms with van der Waals surface area (Å²) < 4.78 is 4.73. The molecule has 1 amide bonds. The molecule has 1 unspecified atom stereocenters. The second kappa shape index (κ2) is 11.5. The van der Waals surface area contributed by atoms with E-state index in [0.29, 0.717) is 17.3 Å². The van der Waals surface area contributed by atoms with Crippen LogP contribution >= 0.6 is 24.0 Å². The van der Waals surface area contributed by atoms with Gasteiger partial charge in [0.25, 0.3) is 0 Å². The van der Waals surface area contributed by atoms with Gasteiger partial charge in [0.2, 0.25) is 5.91 Å². The molecule has 1 aromatic carbocycles. The van der Waals surface area contributed by atoms with E-state index < -0.39 is 10.7 Å². The van der Waals surface area contributed by atoms with E-state index in [0.717, 1.165) is 11.8 Å². The number of nitrogens with one attached hydrogen (secondary N) is 1. The molecule has 0 bridgehead atoms. The number of amides is 1. The summed E-state index contributed by atoms with van der Waals surface area (Å²) in [6, 6.07) is 11.6. The van der Waals surface area contributed by atoms with Crippen molar-refractivity contribution in [3.8, 4) is 6.07 Å². The Hall–Kier alpha value is -2.21. The third-order valence-corrected chi connectivity index (χ3v) is 5.18. The fourth-order valence-corrected chi connectivity index (χ4v) is 3.50. The second-order valence-corrected chi connectivity index (χ2v) is 8.11. The number of esters is 1. The van der Waals surface area contributed by atoms with E-state index in [9.17, 15) is 14.9 Å². The van der Waals surface area contributed by atoms with Crippen LogP contribution in [-0.2, 0) is 14.3 Å². The zero-order valence-electron chi connectivity index (χ0n) is 15.4. The lowest BCUT2D eigenvalue weighted by atomic mass is 10.1. The molecule has 0 spiro atoms. The van der Waals surface area contributed by atoms with E-state index in [1.54, 1.807) is 6.92 Å². The fourth-order valence-electron chi connectivity index (χ4n) is 1.90. The van der Waals surface area contributed by atoms with E-state index in [1.165, 1.54) is 18.7 Å². The highest BCUT2D eigenvalue weighted by Gasteiger charge is 2.28. The number of ether oxygens (including phenoxy) is 1. The van der Waals surface area contributed by atoms with Gasteiger partial charge in [-0.05, 0) is 25.8 Å². The van der Waals surface area contributed by atoms with Gasteiger partial charge in [0.15, 0.2) is 0 Å². The fraction of sp³-hybridized carbons (Fsp3) is 0.368. The van der Waals surface area contributed by atoms with Crippen LogP contribution in [0.5, 0.6) is 0 Å². The van der Waals surface area contributed by atoms with Crippen molar-refractivity contribution < 1.29 is 14.3 Å². The Morgan fingerprint density at radius 1 is 1.41 bits per heavy atom. The molecule has 0 aliphatic heterocycles. The molecule has 0 aromatic heterocycles. The summed E-state index contributed by atoms with van der Waals surface area (Å²) in [4.78, 5) is 23.6. The van der Waals surface area contributed by atoms with Crippen molar-refractivity contribution in [1.29, 1.82) is 5.26 Å². The van der Waals surface area contributed by atoms with Gasteiger partial charge in [-0.15, -0.1) is 0 Å². The second-order valence-electron chi connectivity index (χ2n) is 5.93. The lowest BCUT2D eigenvalue weighted by Crippen LogP contribution is -2.29. The zero-order valence-corrected chi connectivity index (χ0v) is 17.0. The van der Waals surface area contributed by atoms with Crippen LogP contribution in [0, 0.1) is 11.3 Å². The number of nitrogens with two attached hydrogens (primary N) is 1. The van der Waals surface area contributed by atoms with Crippen molar-refractivity contribution in [2.24, 2.45) is 5.73 Å². The first-order valence-electron chi connectivity index (χ1n) is 8.35. The van der Waals surface area contributed by atoms with Gasteiger partial charge < -0.3 is 15.8 Å². The van der Waals surface area contributed by atoms with Crippen molar-refractivity contribution in [3.63, 3.8) is 0 Å². The first-order valence-corrected chi connectivity index (χ1v) is 9.58. The van der Waals surface area contributed by atoms with Crippen LogP contribution in [-0.4, -0.2) is 33.9 Å². The highest BCUT2D eigenvalue weighted by Crippen LogP contribution is 2.33. The Kier molecular flexibility index (Phi) is 9.72. The largest absolute Gasteiger partial charge is 0.434 e. The van der Waals surface area contributed by atoms with Gasteiger partial charge >= 0.3 is 5.97 Å². The summed E-state index contributed by atoms with van der Waals surface area (Å²) in [7, 11) is 0. The van der Waals surface area contributed by atoms with Gasteiger partial charge in [-0.3, -0.25) is 9.59 Å². The molecule has 27 heavy (non-hydrogen) atoms. The molecule has 1 aromatic rings. The monoisotopic (exact) mass is 405 g/mol. The summed E-state index contributed by atoms with van der Waals surface area (Å²) in [5, 5.41) is 12.1. The standard InChI is InChI=1S/C19H23N3O3S2/c1-14(17(24)22-11-10-20)12-25-16(23)8-9-19(2,13-21)27-18(26)15-6-4-3-5-7-15/h3-7,12H,8-11,20H2,1-2H3,(H,22,24)/b14-12-. The van der Waals surface area contributed by atoms with Gasteiger partial charge in [0.05, 0.1) is 10.3 Å². The Balaban J connectivity index is 2.55. The molecule has 6 nitrogen and oxygen atoms in total. The van der Waals surface area contributed by atoms with Gasteiger partial charge in [0, 0.05) is 25.1 Å². The maximum absolute atomic E-state index is 11.9. The molecule has 8 heteroatoms. The van der Waals surface area contributed by atoms with Crippen LogP contribution in [0.25, 0.3) is 0 Å². The molecule has 1 rings (SSSR count). The third kappa shape index (κ3) is 8.35. The van der Waals surface area contributed by atoms with Crippen LogP contribution in [0.3, 0.4) is 0 Å². The predicted octanol–water partition coefficient (Wildman–Crippen LogP) is 2.68. The average molecular weight is 406 g/mol. The quantitative estimate of drug-likeness (QED) is 0.282. The highest BCUT2D eigenvalue weighted by molar-refractivity contribution is 8.24. The molecular weight excluding hydrogens is 382 g/mol. The first-order chi connectivity index (χ1) is 12.8. The van der Waals surface area contributed by atoms with E-state index in [1.807, 2.05) is 30.3 Å². The molecule has 0 aliphatic carbocycles. The lowest BCUT2D eigenvalue weighted by Gasteiger charge is -2.20. The minimum atomic E-state index is -0.858. The van der Waals surface area contributed by atoms with Crippen LogP contribution in [0.4, 0.5) is 0 Å². The van der Waals surface area contributed by atoms with Crippen LogP contribution in [0.2, 0.25) is 0 Å². The van der Waals surface area contributed by atoms with Crippen molar-refractivity contribution >= 4 is 40.1 Å². The topological polar surface area (TPSA) is 105 Å². The van der Waals surface area contributed by atoms with Crippen molar-refractivity contribution in [1.82, 2.24) is 5.32 Å². The molecule has 0 saturated carbocycles. The van der Waals surface area contributed by atoms with E-state index in [2.05, 4.69) is 11.4 Å². The number of benzene rings is 1. The molecule has 0 aliphatic rings. The summed E-state index contributed by atoms with van der Waals surface area (Å²) >= 11 is 6.65. The average Bonchev–Trinajstić information content (AvgIpc) is 2.69. The minimum absolute atomic E-state index is 0.0304. The SMILES string of the molecule is C/C(=C/OC(=O)CCC(C)(C#N)SC(=S)c1ccccc1)C(=O)NCCN. The van der Waals surface area contributed by atoms with Gasteiger partial charge in [-0.1, -0.05) is 54.3 Å². The number of nitrogens with zero attached hydrogens (tertiary/aromatic N) is 1. The summed E-state index contributed by atoms with van der Waals surface area (Å²) in [5.41, 5.74) is 6.43. The highest BCUT2D eigenvalue weighted by atomic mass is 32.2. The van der Waals surface area contributed by atoms with Crippen LogP contribution in [0.15, 0.2) is 42.2 Å². The molecule has 3 N–H and O–H groups in total. The summed E-state index contributed by atoms with van der Waals surface area (Å²) in [6.07, 6.45) is 1.41.